The third-order valence-corrected chi connectivity index (χ3v) is 3.03. The van der Waals surface area contributed by atoms with E-state index in [-0.39, 0.29) is 22.5 Å². The van der Waals surface area contributed by atoms with E-state index in [0.29, 0.717) is 0 Å². The number of carboxylic acids is 1. The fourth-order valence-electron chi connectivity index (χ4n) is 1.82. The Kier molecular flexibility index (Phi) is 3.41. The van der Waals surface area contributed by atoms with Gasteiger partial charge in [-0.3, -0.25) is 19.6 Å². The van der Waals surface area contributed by atoms with Crippen LogP contribution in [0.25, 0.3) is 10.9 Å². The molecule has 1 N–H and O–H groups in total. The Balaban J connectivity index is 2.99. The standard InChI is InChI=1S/C11H8ClN3O5/c1-2-14-7-4-6(12)8(15(19)20)3-5(7)10(16)9(13-14)11(17)18/h3-4H,2H2,1H3,(H,17,18). The van der Waals surface area contributed by atoms with Crippen molar-refractivity contribution in [3.8, 4) is 0 Å². The number of aryl methyl sites for hydroxylation is 1. The molecule has 0 aliphatic carbocycles. The molecule has 0 saturated carbocycles. The molecule has 1 heterocycles. The molecule has 0 atom stereocenters. The van der Waals surface area contributed by atoms with Crippen LogP contribution in [0.15, 0.2) is 16.9 Å². The minimum absolute atomic E-state index is 0.102. The molecule has 2 rings (SSSR count). The monoisotopic (exact) mass is 297 g/mol. The lowest BCUT2D eigenvalue weighted by atomic mass is 10.1. The number of aromatic nitrogens is 2. The molecule has 0 aliphatic rings. The average Bonchev–Trinajstić information content (AvgIpc) is 2.37. The summed E-state index contributed by atoms with van der Waals surface area (Å²) in [4.78, 5) is 33.1. The number of rotatable bonds is 3. The molecule has 0 unspecified atom stereocenters. The molecule has 9 heteroatoms. The van der Waals surface area contributed by atoms with Gasteiger partial charge in [-0.25, -0.2) is 4.79 Å². The predicted molar refractivity (Wildman–Crippen MR) is 70.3 cm³/mol. The van der Waals surface area contributed by atoms with Gasteiger partial charge in [0.15, 0.2) is 0 Å². The van der Waals surface area contributed by atoms with E-state index in [4.69, 9.17) is 16.7 Å². The molecular formula is C11H8ClN3O5. The normalized spacial score (nSPS) is 10.7. The lowest BCUT2D eigenvalue weighted by Crippen LogP contribution is -2.22. The first kappa shape index (κ1) is 13.9. The fourth-order valence-corrected chi connectivity index (χ4v) is 2.04. The van der Waals surface area contributed by atoms with E-state index in [1.54, 1.807) is 6.92 Å². The van der Waals surface area contributed by atoms with E-state index in [0.717, 1.165) is 6.07 Å². The number of fused-ring (bicyclic) bond motifs is 1. The molecule has 0 saturated heterocycles. The Hall–Kier alpha value is -2.48. The molecule has 20 heavy (non-hydrogen) atoms. The number of hydrogen-bond donors (Lipinski definition) is 1. The summed E-state index contributed by atoms with van der Waals surface area (Å²) in [6.07, 6.45) is 0. The van der Waals surface area contributed by atoms with Crippen molar-refractivity contribution in [2.75, 3.05) is 0 Å². The highest BCUT2D eigenvalue weighted by Crippen LogP contribution is 2.28. The molecule has 0 bridgehead atoms. The number of benzene rings is 1. The second-order valence-corrected chi connectivity index (χ2v) is 4.28. The van der Waals surface area contributed by atoms with Crippen molar-refractivity contribution in [2.45, 2.75) is 13.5 Å². The van der Waals surface area contributed by atoms with Crippen LogP contribution in [0.3, 0.4) is 0 Å². The molecule has 0 radical (unpaired) electrons. The van der Waals surface area contributed by atoms with Crippen LogP contribution >= 0.6 is 11.6 Å². The van der Waals surface area contributed by atoms with Crippen molar-refractivity contribution in [1.82, 2.24) is 9.78 Å². The van der Waals surface area contributed by atoms with Gasteiger partial charge in [-0.2, -0.15) is 5.10 Å². The van der Waals surface area contributed by atoms with Gasteiger partial charge >= 0.3 is 5.97 Å². The second-order valence-electron chi connectivity index (χ2n) is 3.88. The van der Waals surface area contributed by atoms with Gasteiger partial charge in [0.1, 0.15) is 5.02 Å². The minimum Gasteiger partial charge on any atom is -0.476 e. The number of nitro benzene ring substituents is 1. The van der Waals surface area contributed by atoms with E-state index in [2.05, 4.69) is 5.10 Å². The van der Waals surface area contributed by atoms with Crippen molar-refractivity contribution in [3.05, 3.63) is 43.2 Å². The maximum absolute atomic E-state index is 12.0. The molecule has 8 nitrogen and oxygen atoms in total. The summed E-state index contributed by atoms with van der Waals surface area (Å²) in [5.41, 5.74) is -1.77. The topological polar surface area (TPSA) is 115 Å². The largest absolute Gasteiger partial charge is 0.476 e. The van der Waals surface area contributed by atoms with Crippen molar-refractivity contribution in [2.24, 2.45) is 0 Å². The molecule has 1 aromatic carbocycles. The highest BCUT2D eigenvalue weighted by molar-refractivity contribution is 6.33. The van der Waals surface area contributed by atoms with E-state index < -0.39 is 27.7 Å². The van der Waals surface area contributed by atoms with Crippen LogP contribution in [0.5, 0.6) is 0 Å². The van der Waals surface area contributed by atoms with E-state index in [1.807, 2.05) is 0 Å². The highest BCUT2D eigenvalue weighted by atomic mass is 35.5. The van der Waals surface area contributed by atoms with Crippen LogP contribution < -0.4 is 5.43 Å². The van der Waals surface area contributed by atoms with Gasteiger partial charge in [-0.15, -0.1) is 0 Å². The number of hydrogen-bond acceptors (Lipinski definition) is 5. The Morgan fingerprint density at radius 2 is 2.20 bits per heavy atom. The summed E-state index contributed by atoms with van der Waals surface area (Å²) < 4.78 is 1.26. The number of aromatic carboxylic acids is 1. The zero-order valence-electron chi connectivity index (χ0n) is 10.2. The number of carboxylic acid groups (broad SMARTS) is 1. The number of nitro groups is 1. The Bertz CT molecular complexity index is 799. The van der Waals surface area contributed by atoms with Crippen LogP contribution in [0.1, 0.15) is 17.4 Å². The van der Waals surface area contributed by atoms with Gasteiger partial charge < -0.3 is 5.11 Å². The predicted octanol–water partition coefficient (Wildman–Crippen LogP) is 1.68. The van der Waals surface area contributed by atoms with Gasteiger partial charge in [-0.05, 0) is 13.0 Å². The van der Waals surface area contributed by atoms with Crippen molar-refractivity contribution in [1.29, 1.82) is 0 Å². The van der Waals surface area contributed by atoms with E-state index >= 15 is 0 Å². The molecule has 1 aromatic heterocycles. The smallest absolute Gasteiger partial charge is 0.360 e. The third-order valence-electron chi connectivity index (χ3n) is 2.72. The molecule has 0 amide bonds. The molecule has 104 valence electrons. The second kappa shape index (κ2) is 4.89. The van der Waals surface area contributed by atoms with Crippen molar-refractivity contribution in [3.63, 3.8) is 0 Å². The minimum atomic E-state index is -1.49. The van der Waals surface area contributed by atoms with Crippen molar-refractivity contribution < 1.29 is 14.8 Å². The first-order valence-electron chi connectivity index (χ1n) is 5.48. The Morgan fingerprint density at radius 1 is 1.55 bits per heavy atom. The van der Waals surface area contributed by atoms with Crippen LogP contribution in [0.2, 0.25) is 5.02 Å². The molecule has 2 aromatic rings. The van der Waals surface area contributed by atoms with E-state index in [1.165, 1.54) is 10.7 Å². The molecule has 0 aliphatic heterocycles. The molecule has 0 fully saturated rings. The first-order valence-corrected chi connectivity index (χ1v) is 5.86. The number of halogens is 1. The lowest BCUT2D eigenvalue weighted by Gasteiger charge is -2.08. The summed E-state index contributed by atoms with van der Waals surface area (Å²) in [5.74, 6) is -1.49. The van der Waals surface area contributed by atoms with Gasteiger partial charge in [0.25, 0.3) is 5.69 Å². The highest BCUT2D eigenvalue weighted by Gasteiger charge is 2.21. The third kappa shape index (κ3) is 2.10. The Morgan fingerprint density at radius 3 is 2.70 bits per heavy atom. The van der Waals surface area contributed by atoms with Gasteiger partial charge in [-0.1, -0.05) is 11.6 Å². The van der Waals surface area contributed by atoms with Crippen LogP contribution in [0, 0.1) is 10.1 Å². The zero-order chi connectivity index (χ0) is 15.0. The van der Waals surface area contributed by atoms with Gasteiger partial charge in [0.2, 0.25) is 11.1 Å². The van der Waals surface area contributed by atoms with Crippen LogP contribution in [0.4, 0.5) is 5.69 Å². The van der Waals surface area contributed by atoms with Gasteiger partial charge in [0, 0.05) is 12.6 Å². The summed E-state index contributed by atoms with van der Waals surface area (Å²) in [6, 6.07) is 2.21. The van der Waals surface area contributed by atoms with E-state index in [9.17, 15) is 19.7 Å². The number of nitrogens with zero attached hydrogens (tertiary/aromatic N) is 3. The lowest BCUT2D eigenvalue weighted by molar-refractivity contribution is -0.384. The summed E-state index contributed by atoms with van der Waals surface area (Å²) in [5, 5.41) is 23.2. The van der Waals surface area contributed by atoms with Crippen molar-refractivity contribution >= 4 is 34.2 Å². The summed E-state index contributed by atoms with van der Waals surface area (Å²) >= 11 is 5.78. The molecule has 0 spiro atoms. The molecular weight excluding hydrogens is 290 g/mol. The maximum atomic E-state index is 12.0. The van der Waals surface area contributed by atoms with Crippen LogP contribution in [-0.2, 0) is 6.54 Å². The quantitative estimate of drug-likeness (QED) is 0.680. The zero-order valence-corrected chi connectivity index (χ0v) is 10.9. The van der Waals surface area contributed by atoms with Gasteiger partial charge in [0.05, 0.1) is 15.8 Å². The summed E-state index contributed by atoms with van der Waals surface area (Å²) in [7, 11) is 0. The fraction of sp³-hybridized carbons (Fsp3) is 0.182. The summed E-state index contributed by atoms with van der Waals surface area (Å²) in [6.45, 7) is 1.98. The SMILES string of the molecule is CCn1nc(C(=O)O)c(=O)c2cc([N+](=O)[O-])c(Cl)cc21. The number of carbonyl (C=O) groups is 1. The first-order chi connectivity index (χ1) is 9.36. The Labute approximate surface area is 116 Å². The maximum Gasteiger partial charge on any atom is 0.360 e. The van der Waals surface area contributed by atoms with Crippen LogP contribution in [-0.4, -0.2) is 25.8 Å². The average molecular weight is 298 g/mol.